The number of rotatable bonds is 4. The van der Waals surface area contributed by atoms with Crippen LogP contribution in [-0.4, -0.2) is 21.0 Å². The highest BCUT2D eigenvalue weighted by molar-refractivity contribution is 7.18. The largest absolute Gasteiger partial charge is 0.336 e. The van der Waals surface area contributed by atoms with Gasteiger partial charge in [0.25, 0.3) is 5.56 Å². The Morgan fingerprint density at radius 3 is 2.88 bits per heavy atom. The zero-order chi connectivity index (χ0) is 18.2. The molecular formula is C18H22N4O2S. The molecule has 0 spiro atoms. The summed E-state index contributed by atoms with van der Waals surface area (Å²) in [5.41, 5.74) is -0.00920. The molecule has 25 heavy (non-hydrogen) atoms. The lowest BCUT2D eigenvalue weighted by atomic mass is 9.90. The van der Waals surface area contributed by atoms with Gasteiger partial charge in [-0.3, -0.25) is 14.2 Å². The van der Waals surface area contributed by atoms with E-state index in [9.17, 15) is 14.9 Å². The van der Waals surface area contributed by atoms with Crippen LogP contribution < -0.4 is 10.9 Å². The maximum atomic E-state index is 12.9. The molecule has 3 rings (SSSR count). The van der Waals surface area contributed by atoms with E-state index in [1.807, 2.05) is 13.8 Å². The van der Waals surface area contributed by atoms with Crippen molar-refractivity contribution in [1.82, 2.24) is 14.9 Å². The Hall–Kier alpha value is -2.20. The molecular weight excluding hydrogens is 336 g/mol. The Morgan fingerprint density at radius 1 is 1.48 bits per heavy atom. The third-order valence-electron chi connectivity index (χ3n) is 5.04. The van der Waals surface area contributed by atoms with E-state index in [1.165, 1.54) is 15.8 Å². The summed E-state index contributed by atoms with van der Waals surface area (Å²) < 4.78 is 1.34. The Labute approximate surface area is 150 Å². The molecule has 1 aliphatic rings. The topological polar surface area (TPSA) is 87.8 Å². The Kier molecular flexibility index (Phi) is 4.65. The zero-order valence-electron chi connectivity index (χ0n) is 14.8. The quantitative estimate of drug-likeness (QED) is 0.909. The van der Waals surface area contributed by atoms with Crippen LogP contribution in [0.15, 0.2) is 11.1 Å². The molecule has 0 aliphatic heterocycles. The predicted molar refractivity (Wildman–Crippen MR) is 97.5 cm³/mol. The van der Waals surface area contributed by atoms with Crippen LogP contribution in [0.4, 0.5) is 0 Å². The number of thiophene rings is 1. The molecule has 1 atom stereocenters. The SMILES string of the molecule is CC(C)[C@@](C)(C#N)NC(=O)Cn1cnc2sc3c(c2c1=O)CCCC3. The summed E-state index contributed by atoms with van der Waals surface area (Å²) >= 11 is 1.59. The van der Waals surface area contributed by atoms with E-state index < -0.39 is 5.54 Å². The number of aromatic nitrogens is 2. The summed E-state index contributed by atoms with van der Waals surface area (Å²) in [7, 11) is 0. The molecule has 6 nitrogen and oxygen atoms in total. The monoisotopic (exact) mass is 358 g/mol. The first-order valence-corrected chi connectivity index (χ1v) is 9.39. The molecule has 0 saturated carbocycles. The lowest BCUT2D eigenvalue weighted by Crippen LogP contribution is -2.50. The number of aryl methyl sites for hydroxylation is 2. The van der Waals surface area contributed by atoms with E-state index in [2.05, 4.69) is 16.4 Å². The first kappa shape index (κ1) is 17.6. The van der Waals surface area contributed by atoms with Crippen LogP contribution in [0, 0.1) is 17.2 Å². The summed E-state index contributed by atoms with van der Waals surface area (Å²) in [6, 6.07) is 2.14. The fourth-order valence-electron chi connectivity index (χ4n) is 3.08. The number of nitrogens with zero attached hydrogens (tertiary/aromatic N) is 3. The van der Waals surface area contributed by atoms with E-state index >= 15 is 0 Å². The van der Waals surface area contributed by atoms with Gasteiger partial charge >= 0.3 is 0 Å². The van der Waals surface area contributed by atoms with Gasteiger partial charge in [-0.15, -0.1) is 11.3 Å². The summed E-state index contributed by atoms with van der Waals surface area (Å²) in [6.07, 6.45) is 5.58. The van der Waals surface area contributed by atoms with Crippen LogP contribution in [0.25, 0.3) is 10.2 Å². The van der Waals surface area contributed by atoms with Crippen molar-refractivity contribution >= 4 is 27.5 Å². The molecule has 2 heterocycles. The van der Waals surface area contributed by atoms with Crippen molar-refractivity contribution in [3.8, 4) is 6.07 Å². The van der Waals surface area contributed by atoms with Gasteiger partial charge in [0.1, 0.15) is 16.9 Å². The molecule has 0 aromatic carbocycles. The van der Waals surface area contributed by atoms with E-state index in [-0.39, 0.29) is 23.9 Å². The van der Waals surface area contributed by atoms with Gasteiger partial charge < -0.3 is 5.32 Å². The molecule has 0 fully saturated rings. The number of hydrogen-bond acceptors (Lipinski definition) is 5. The third-order valence-corrected chi connectivity index (χ3v) is 6.24. The van der Waals surface area contributed by atoms with Crippen molar-refractivity contribution in [2.75, 3.05) is 0 Å². The average molecular weight is 358 g/mol. The van der Waals surface area contributed by atoms with Crippen molar-refractivity contribution < 1.29 is 4.79 Å². The molecule has 1 aliphatic carbocycles. The van der Waals surface area contributed by atoms with Crippen molar-refractivity contribution in [1.29, 1.82) is 5.26 Å². The number of nitrogens with one attached hydrogen (secondary N) is 1. The predicted octanol–water partition coefficient (Wildman–Crippen LogP) is 2.39. The van der Waals surface area contributed by atoms with E-state index in [1.54, 1.807) is 18.3 Å². The number of carbonyl (C=O) groups is 1. The Bertz CT molecular complexity index is 922. The highest BCUT2D eigenvalue weighted by Crippen LogP contribution is 2.33. The van der Waals surface area contributed by atoms with Gasteiger partial charge in [0.15, 0.2) is 0 Å². The molecule has 1 N–H and O–H groups in total. The molecule has 2 aromatic heterocycles. The van der Waals surface area contributed by atoms with Gasteiger partial charge in [-0.2, -0.15) is 5.26 Å². The van der Waals surface area contributed by atoms with Gasteiger partial charge in [-0.1, -0.05) is 13.8 Å². The smallest absolute Gasteiger partial charge is 0.262 e. The number of nitriles is 1. The van der Waals surface area contributed by atoms with E-state index in [4.69, 9.17) is 0 Å². The van der Waals surface area contributed by atoms with Crippen molar-refractivity contribution in [2.24, 2.45) is 5.92 Å². The highest BCUT2D eigenvalue weighted by Gasteiger charge is 2.30. The van der Waals surface area contributed by atoms with Gasteiger partial charge in [0.05, 0.1) is 17.8 Å². The molecule has 132 valence electrons. The fraction of sp³-hybridized carbons (Fsp3) is 0.556. The molecule has 2 aromatic rings. The van der Waals surface area contributed by atoms with Crippen molar-refractivity contribution in [3.63, 3.8) is 0 Å². The molecule has 0 saturated heterocycles. The van der Waals surface area contributed by atoms with Gasteiger partial charge in [-0.05, 0) is 44.1 Å². The maximum absolute atomic E-state index is 12.9. The minimum Gasteiger partial charge on any atom is -0.336 e. The maximum Gasteiger partial charge on any atom is 0.262 e. The first-order valence-electron chi connectivity index (χ1n) is 8.57. The second kappa shape index (κ2) is 6.60. The Morgan fingerprint density at radius 2 is 2.20 bits per heavy atom. The number of carbonyl (C=O) groups excluding carboxylic acids is 1. The summed E-state index contributed by atoms with van der Waals surface area (Å²) in [5.74, 6) is -0.396. The fourth-order valence-corrected chi connectivity index (χ4v) is 4.30. The second-order valence-electron chi connectivity index (χ2n) is 7.09. The van der Waals surface area contributed by atoms with Crippen LogP contribution in [-0.2, 0) is 24.2 Å². The van der Waals surface area contributed by atoms with Crippen LogP contribution in [0.2, 0.25) is 0 Å². The lowest BCUT2D eigenvalue weighted by Gasteiger charge is -2.27. The number of fused-ring (bicyclic) bond motifs is 3. The van der Waals surface area contributed by atoms with Gasteiger partial charge in [-0.25, -0.2) is 4.98 Å². The minimum atomic E-state index is -0.959. The standard InChI is InChI=1S/C18H22N4O2S/c1-11(2)18(3,9-19)21-14(23)8-22-10-20-16-15(17(22)24)12-6-4-5-7-13(12)25-16/h10-11H,4-8H2,1-3H3,(H,21,23)/t18-/m1/s1. The minimum absolute atomic E-state index is 0.0392. The summed E-state index contributed by atoms with van der Waals surface area (Å²) in [4.78, 5) is 31.6. The molecule has 0 unspecified atom stereocenters. The molecule has 0 radical (unpaired) electrons. The third kappa shape index (κ3) is 3.19. The normalized spacial score (nSPS) is 16.3. The summed E-state index contributed by atoms with van der Waals surface area (Å²) in [5, 5.41) is 12.7. The summed E-state index contributed by atoms with van der Waals surface area (Å²) in [6.45, 7) is 5.31. The van der Waals surface area contributed by atoms with E-state index in [0.29, 0.717) is 5.39 Å². The Balaban J connectivity index is 1.90. The van der Waals surface area contributed by atoms with Crippen LogP contribution >= 0.6 is 11.3 Å². The zero-order valence-corrected chi connectivity index (χ0v) is 15.6. The lowest BCUT2D eigenvalue weighted by molar-refractivity contribution is -0.123. The highest BCUT2D eigenvalue weighted by atomic mass is 32.1. The first-order chi connectivity index (χ1) is 11.9. The van der Waals surface area contributed by atoms with Crippen molar-refractivity contribution in [2.45, 2.75) is 58.5 Å². The van der Waals surface area contributed by atoms with Crippen LogP contribution in [0.1, 0.15) is 44.1 Å². The number of hydrogen-bond donors (Lipinski definition) is 1. The molecule has 0 bridgehead atoms. The van der Waals surface area contributed by atoms with Crippen molar-refractivity contribution in [3.05, 3.63) is 27.1 Å². The molecule has 7 heteroatoms. The average Bonchev–Trinajstić information content (AvgIpc) is 2.96. The second-order valence-corrected chi connectivity index (χ2v) is 8.17. The van der Waals surface area contributed by atoms with E-state index in [0.717, 1.165) is 36.1 Å². The number of amides is 1. The van der Waals surface area contributed by atoms with Crippen LogP contribution in [0.5, 0.6) is 0 Å². The molecule has 1 amide bonds. The van der Waals surface area contributed by atoms with Gasteiger partial charge in [0.2, 0.25) is 5.91 Å². The van der Waals surface area contributed by atoms with Gasteiger partial charge in [0, 0.05) is 4.88 Å². The van der Waals surface area contributed by atoms with Crippen LogP contribution in [0.3, 0.4) is 0 Å².